The van der Waals surface area contributed by atoms with E-state index in [0.717, 1.165) is 11.1 Å². The third-order valence-corrected chi connectivity index (χ3v) is 6.60. The number of amides is 3. The number of benzene rings is 3. The van der Waals surface area contributed by atoms with E-state index in [1.165, 1.54) is 17.0 Å². The number of carbonyl (C=O) groups is 3. The van der Waals surface area contributed by atoms with Crippen molar-refractivity contribution in [2.24, 2.45) is 0 Å². The molecule has 40 heavy (non-hydrogen) atoms. The second-order valence-electron chi connectivity index (χ2n) is 9.53. The van der Waals surface area contributed by atoms with E-state index in [1.807, 2.05) is 25.1 Å². The fourth-order valence-electron chi connectivity index (χ4n) is 4.50. The van der Waals surface area contributed by atoms with Crippen LogP contribution in [0.25, 0.3) is 0 Å². The van der Waals surface area contributed by atoms with Gasteiger partial charge in [-0.2, -0.15) is 0 Å². The highest BCUT2D eigenvalue weighted by molar-refractivity contribution is 6.04. The van der Waals surface area contributed by atoms with Gasteiger partial charge in [0.05, 0.1) is 6.54 Å². The molecule has 1 saturated heterocycles. The number of cyclic esters (lactones) is 1. The standard InChI is InChI=1S/C31H27FN4O4/c1-20-7-9-24(10-8-20)29(37)35-26-13-11-23(12-14-26)28-27(30(38)34-18-22-5-3-15-33-17-22)36(31(39)40-28)19-21-4-2-6-25(32)16-21/h2-17,27-28H,18-19H2,1H3,(H,34,38)(H,35,37). The van der Waals surface area contributed by atoms with Crippen molar-refractivity contribution >= 4 is 23.6 Å². The van der Waals surface area contributed by atoms with Crippen LogP contribution in [0, 0.1) is 12.7 Å². The first-order valence-corrected chi connectivity index (χ1v) is 12.7. The Morgan fingerprint density at radius 2 is 1.73 bits per heavy atom. The van der Waals surface area contributed by atoms with E-state index < -0.39 is 30.0 Å². The number of carbonyl (C=O) groups excluding carboxylic acids is 3. The van der Waals surface area contributed by atoms with E-state index in [0.29, 0.717) is 22.4 Å². The van der Waals surface area contributed by atoms with E-state index in [1.54, 1.807) is 67.0 Å². The lowest BCUT2D eigenvalue weighted by Crippen LogP contribution is -2.46. The molecule has 3 amide bonds. The summed E-state index contributed by atoms with van der Waals surface area (Å²) in [6.07, 6.45) is 1.67. The smallest absolute Gasteiger partial charge is 0.411 e. The Morgan fingerprint density at radius 1 is 0.975 bits per heavy atom. The molecule has 1 fully saturated rings. The van der Waals surface area contributed by atoms with Crippen molar-refractivity contribution in [1.29, 1.82) is 0 Å². The average Bonchev–Trinajstić information content (AvgIpc) is 3.28. The number of halogens is 1. The van der Waals surface area contributed by atoms with Gasteiger partial charge < -0.3 is 15.4 Å². The molecule has 0 spiro atoms. The van der Waals surface area contributed by atoms with Crippen molar-refractivity contribution in [3.63, 3.8) is 0 Å². The van der Waals surface area contributed by atoms with Crippen molar-refractivity contribution in [3.8, 4) is 0 Å². The van der Waals surface area contributed by atoms with Gasteiger partial charge in [-0.1, -0.05) is 48.0 Å². The number of rotatable bonds is 8. The lowest BCUT2D eigenvalue weighted by atomic mass is 10.00. The lowest BCUT2D eigenvalue weighted by Gasteiger charge is -2.24. The first-order valence-electron chi connectivity index (χ1n) is 12.7. The van der Waals surface area contributed by atoms with Gasteiger partial charge in [-0.25, -0.2) is 9.18 Å². The second kappa shape index (κ2) is 11.8. The number of hydrogen-bond acceptors (Lipinski definition) is 5. The highest BCUT2D eigenvalue weighted by Crippen LogP contribution is 2.34. The number of ether oxygens (including phenoxy) is 1. The molecule has 2 unspecified atom stereocenters. The number of aryl methyl sites for hydroxylation is 1. The molecule has 5 rings (SSSR count). The van der Waals surface area contributed by atoms with Crippen LogP contribution in [0.1, 0.15) is 38.7 Å². The van der Waals surface area contributed by atoms with Gasteiger partial charge in [0, 0.05) is 30.2 Å². The van der Waals surface area contributed by atoms with Crippen LogP contribution < -0.4 is 10.6 Å². The first kappa shape index (κ1) is 26.6. The predicted molar refractivity (Wildman–Crippen MR) is 147 cm³/mol. The summed E-state index contributed by atoms with van der Waals surface area (Å²) in [7, 11) is 0. The van der Waals surface area contributed by atoms with Gasteiger partial charge in [0.25, 0.3) is 5.91 Å². The molecule has 0 bridgehead atoms. The Balaban J connectivity index is 1.36. The van der Waals surface area contributed by atoms with Crippen molar-refractivity contribution in [2.45, 2.75) is 32.2 Å². The fourth-order valence-corrected chi connectivity index (χ4v) is 4.50. The maximum atomic E-state index is 13.8. The Bertz CT molecular complexity index is 1510. The van der Waals surface area contributed by atoms with Gasteiger partial charge in [0.2, 0.25) is 5.91 Å². The highest BCUT2D eigenvalue weighted by atomic mass is 19.1. The minimum atomic E-state index is -1.01. The number of nitrogens with zero attached hydrogens (tertiary/aromatic N) is 2. The molecule has 0 saturated carbocycles. The normalized spacial score (nSPS) is 16.4. The van der Waals surface area contributed by atoms with E-state index in [9.17, 15) is 18.8 Å². The summed E-state index contributed by atoms with van der Waals surface area (Å²) in [4.78, 5) is 44.4. The zero-order valence-corrected chi connectivity index (χ0v) is 21.7. The molecule has 1 aromatic heterocycles. The maximum Gasteiger partial charge on any atom is 0.411 e. The molecule has 2 N–H and O–H groups in total. The number of nitrogens with one attached hydrogen (secondary N) is 2. The minimum absolute atomic E-state index is 0.0111. The van der Waals surface area contributed by atoms with Gasteiger partial charge in [0.15, 0.2) is 12.1 Å². The fraction of sp³-hybridized carbons (Fsp3) is 0.161. The molecule has 202 valence electrons. The van der Waals surface area contributed by atoms with Crippen LogP contribution in [-0.4, -0.2) is 33.8 Å². The van der Waals surface area contributed by atoms with Crippen molar-refractivity contribution < 1.29 is 23.5 Å². The van der Waals surface area contributed by atoms with Crippen LogP contribution in [0.4, 0.5) is 14.9 Å². The van der Waals surface area contributed by atoms with Gasteiger partial charge in [-0.3, -0.25) is 19.5 Å². The summed E-state index contributed by atoms with van der Waals surface area (Å²) in [5, 5.41) is 5.71. The molecule has 1 aliphatic heterocycles. The second-order valence-corrected chi connectivity index (χ2v) is 9.53. The molecule has 9 heteroatoms. The molecule has 0 radical (unpaired) electrons. The Morgan fingerprint density at radius 3 is 2.42 bits per heavy atom. The average molecular weight is 539 g/mol. The van der Waals surface area contributed by atoms with Gasteiger partial charge in [-0.05, 0) is 66.1 Å². The number of hydrogen-bond donors (Lipinski definition) is 2. The topological polar surface area (TPSA) is 101 Å². The Labute approximate surface area is 230 Å². The van der Waals surface area contributed by atoms with Crippen molar-refractivity contribution in [1.82, 2.24) is 15.2 Å². The lowest BCUT2D eigenvalue weighted by molar-refractivity contribution is -0.126. The van der Waals surface area contributed by atoms with E-state index >= 15 is 0 Å². The molecule has 2 heterocycles. The molecular formula is C31H27FN4O4. The summed E-state index contributed by atoms with van der Waals surface area (Å²) in [5.41, 5.74) is 4.02. The first-order chi connectivity index (χ1) is 19.4. The van der Waals surface area contributed by atoms with E-state index in [4.69, 9.17) is 4.74 Å². The zero-order valence-electron chi connectivity index (χ0n) is 21.7. The van der Waals surface area contributed by atoms with E-state index in [-0.39, 0.29) is 19.0 Å². The summed E-state index contributed by atoms with van der Waals surface area (Å²) >= 11 is 0. The summed E-state index contributed by atoms with van der Waals surface area (Å²) in [5.74, 6) is -1.12. The molecular weight excluding hydrogens is 511 g/mol. The molecule has 0 aliphatic carbocycles. The van der Waals surface area contributed by atoms with Crippen LogP contribution in [0.3, 0.4) is 0 Å². The summed E-state index contributed by atoms with van der Waals surface area (Å²) in [6.45, 7) is 2.15. The largest absolute Gasteiger partial charge is 0.438 e. The number of pyridine rings is 1. The van der Waals surface area contributed by atoms with Crippen LogP contribution in [0.2, 0.25) is 0 Å². The van der Waals surface area contributed by atoms with Crippen molar-refractivity contribution in [3.05, 3.63) is 131 Å². The monoisotopic (exact) mass is 538 g/mol. The number of anilines is 1. The van der Waals surface area contributed by atoms with Gasteiger partial charge >= 0.3 is 6.09 Å². The summed E-state index contributed by atoms with van der Waals surface area (Å²) < 4.78 is 19.5. The highest BCUT2D eigenvalue weighted by Gasteiger charge is 2.47. The van der Waals surface area contributed by atoms with Crippen LogP contribution in [-0.2, 0) is 22.6 Å². The molecule has 8 nitrogen and oxygen atoms in total. The molecule has 4 aromatic rings. The maximum absolute atomic E-state index is 13.8. The van der Waals surface area contributed by atoms with Crippen LogP contribution in [0.15, 0.2) is 97.3 Å². The quantitative estimate of drug-likeness (QED) is 0.323. The van der Waals surface area contributed by atoms with Crippen molar-refractivity contribution in [2.75, 3.05) is 5.32 Å². The Hall–Kier alpha value is -5.05. The van der Waals surface area contributed by atoms with E-state index in [2.05, 4.69) is 15.6 Å². The number of aromatic nitrogens is 1. The molecule has 1 aliphatic rings. The minimum Gasteiger partial charge on any atom is -0.438 e. The van der Waals surface area contributed by atoms with Gasteiger partial charge in [0.1, 0.15) is 5.82 Å². The van der Waals surface area contributed by atoms with Crippen LogP contribution >= 0.6 is 0 Å². The SMILES string of the molecule is Cc1ccc(C(=O)Nc2ccc(C3OC(=O)N(Cc4cccc(F)c4)C3C(=O)NCc3cccnc3)cc2)cc1. The third-order valence-electron chi connectivity index (χ3n) is 6.60. The Kier molecular flexibility index (Phi) is 7.82. The summed E-state index contributed by atoms with van der Waals surface area (Å²) in [6, 6.07) is 22.4. The molecule has 3 aromatic carbocycles. The molecule has 2 atom stereocenters. The predicted octanol–water partition coefficient (Wildman–Crippen LogP) is 5.16. The third kappa shape index (κ3) is 6.15. The zero-order chi connectivity index (χ0) is 28.1. The van der Waals surface area contributed by atoms with Crippen LogP contribution in [0.5, 0.6) is 0 Å². The van der Waals surface area contributed by atoms with Gasteiger partial charge in [-0.15, -0.1) is 0 Å².